The zero-order valence-corrected chi connectivity index (χ0v) is 14.9. The van der Waals surface area contributed by atoms with Crippen LogP contribution in [-0.4, -0.2) is 57.4 Å². The van der Waals surface area contributed by atoms with Crippen molar-refractivity contribution in [2.24, 2.45) is 17.3 Å². The molecule has 0 bridgehead atoms. The van der Waals surface area contributed by atoms with E-state index in [1.807, 2.05) is 27.7 Å². The number of hydrogen-bond acceptors (Lipinski definition) is 5. The van der Waals surface area contributed by atoms with Gasteiger partial charge in [-0.2, -0.15) is 0 Å². The first-order chi connectivity index (χ1) is 9.97. The van der Waals surface area contributed by atoms with E-state index in [0.717, 1.165) is 12.8 Å². The molecule has 136 valence electrons. The van der Waals surface area contributed by atoms with Crippen LogP contribution in [0.2, 0.25) is 0 Å². The van der Waals surface area contributed by atoms with Crippen molar-refractivity contribution in [1.82, 2.24) is 0 Å². The summed E-state index contributed by atoms with van der Waals surface area (Å²) in [6.45, 7) is 11.3. The number of rotatable bonds is 7. The van der Waals surface area contributed by atoms with Gasteiger partial charge in [0.05, 0.1) is 18.6 Å². The predicted octanol–water partition coefficient (Wildman–Crippen LogP) is 1.50. The predicted molar refractivity (Wildman–Crippen MR) is 87.6 cm³/mol. The molecule has 0 aromatic carbocycles. The quantitative estimate of drug-likeness (QED) is 0.453. The maximum absolute atomic E-state index is 9.70. The summed E-state index contributed by atoms with van der Waals surface area (Å²) in [6.07, 6.45) is 1.02. The highest BCUT2D eigenvalue weighted by molar-refractivity contribution is 5.68. The molecule has 22 heavy (non-hydrogen) atoms. The summed E-state index contributed by atoms with van der Waals surface area (Å²) < 4.78 is 0. The number of carboxylic acid groups (broad SMARTS) is 1. The zero-order chi connectivity index (χ0) is 18.3. The third-order valence-electron chi connectivity index (χ3n) is 2.90. The van der Waals surface area contributed by atoms with Crippen LogP contribution in [0.15, 0.2) is 0 Å². The molecular formula is C16H36O6. The van der Waals surface area contributed by atoms with E-state index < -0.39 is 12.1 Å². The van der Waals surface area contributed by atoms with Crippen LogP contribution in [0.5, 0.6) is 0 Å². The van der Waals surface area contributed by atoms with Crippen molar-refractivity contribution in [3.05, 3.63) is 0 Å². The number of aliphatic hydroxyl groups excluding tert-OH is 4. The Hall–Kier alpha value is -0.690. The number of hydrogen-bond donors (Lipinski definition) is 5. The maximum Gasteiger partial charge on any atom is 0.305 e. The number of aliphatic hydroxyl groups is 4. The fraction of sp³-hybridized carbons (Fsp3) is 0.938. The van der Waals surface area contributed by atoms with Gasteiger partial charge in [0.1, 0.15) is 0 Å². The van der Waals surface area contributed by atoms with Crippen molar-refractivity contribution in [1.29, 1.82) is 0 Å². The van der Waals surface area contributed by atoms with Gasteiger partial charge in [-0.3, -0.25) is 4.79 Å². The van der Waals surface area contributed by atoms with E-state index in [2.05, 4.69) is 0 Å². The van der Waals surface area contributed by atoms with Crippen LogP contribution in [0, 0.1) is 17.3 Å². The van der Waals surface area contributed by atoms with Crippen LogP contribution in [0.25, 0.3) is 0 Å². The van der Waals surface area contributed by atoms with E-state index in [9.17, 15) is 9.90 Å². The molecule has 1 unspecified atom stereocenters. The summed E-state index contributed by atoms with van der Waals surface area (Å²) in [4.78, 5) is 9.70. The van der Waals surface area contributed by atoms with Crippen LogP contribution in [-0.2, 0) is 4.79 Å². The van der Waals surface area contributed by atoms with Gasteiger partial charge < -0.3 is 25.5 Å². The highest BCUT2D eigenvalue weighted by Gasteiger charge is 2.28. The molecule has 0 aliphatic rings. The SMILES string of the molecule is CC(C)C(=O)O.CC(C)C(O)C(C)(C)CO.OCCCCO. The molecule has 0 aliphatic heterocycles. The van der Waals surface area contributed by atoms with E-state index in [0.29, 0.717) is 0 Å². The Morgan fingerprint density at radius 1 is 0.955 bits per heavy atom. The van der Waals surface area contributed by atoms with Crippen molar-refractivity contribution in [2.75, 3.05) is 19.8 Å². The largest absolute Gasteiger partial charge is 0.481 e. The van der Waals surface area contributed by atoms with Crippen LogP contribution in [0.4, 0.5) is 0 Å². The lowest BCUT2D eigenvalue weighted by Crippen LogP contribution is -2.36. The standard InChI is InChI=1S/C8H18O2.C4H8O2.C4H10O2/c1-6(2)7(10)8(3,4)5-9;1-3(2)4(5)6;5-3-1-2-4-6/h6-7,9-10H,5H2,1-4H3;3H,1-2H3,(H,5,6);5-6H,1-4H2. The number of aliphatic carboxylic acids is 1. The fourth-order valence-electron chi connectivity index (χ4n) is 1.22. The molecule has 0 aliphatic carbocycles. The second-order valence-electron chi connectivity index (χ2n) is 6.48. The molecule has 0 fully saturated rings. The normalized spacial score (nSPS) is 12.2. The summed E-state index contributed by atoms with van der Waals surface area (Å²) in [7, 11) is 0. The van der Waals surface area contributed by atoms with Crippen molar-refractivity contribution in [3.63, 3.8) is 0 Å². The summed E-state index contributed by atoms with van der Waals surface area (Å²) in [5.41, 5.74) is -0.367. The van der Waals surface area contributed by atoms with E-state index in [4.69, 9.17) is 20.4 Å². The first-order valence-corrected chi connectivity index (χ1v) is 7.71. The van der Waals surface area contributed by atoms with E-state index in [-0.39, 0.29) is 37.1 Å². The van der Waals surface area contributed by atoms with Gasteiger partial charge in [0.2, 0.25) is 0 Å². The van der Waals surface area contributed by atoms with Crippen LogP contribution in [0.3, 0.4) is 0 Å². The van der Waals surface area contributed by atoms with Gasteiger partial charge in [-0.15, -0.1) is 0 Å². The Labute approximate surface area is 134 Å². The monoisotopic (exact) mass is 324 g/mol. The smallest absolute Gasteiger partial charge is 0.305 e. The zero-order valence-electron chi connectivity index (χ0n) is 14.9. The minimum absolute atomic E-state index is 0.0341. The molecule has 1 atom stereocenters. The van der Waals surface area contributed by atoms with Gasteiger partial charge in [-0.05, 0) is 18.8 Å². The van der Waals surface area contributed by atoms with Crippen LogP contribution < -0.4 is 0 Å². The minimum Gasteiger partial charge on any atom is -0.481 e. The van der Waals surface area contributed by atoms with Crippen molar-refractivity contribution in [3.8, 4) is 0 Å². The fourth-order valence-corrected chi connectivity index (χ4v) is 1.22. The maximum atomic E-state index is 9.70. The van der Waals surface area contributed by atoms with Crippen molar-refractivity contribution in [2.45, 2.75) is 60.5 Å². The van der Waals surface area contributed by atoms with E-state index in [1.54, 1.807) is 13.8 Å². The lowest BCUT2D eigenvalue weighted by molar-refractivity contribution is -0.140. The van der Waals surface area contributed by atoms with Gasteiger partial charge in [-0.25, -0.2) is 0 Å². The summed E-state index contributed by atoms with van der Waals surface area (Å²) in [5, 5.41) is 42.5. The Morgan fingerprint density at radius 2 is 1.27 bits per heavy atom. The van der Waals surface area contributed by atoms with Crippen LogP contribution >= 0.6 is 0 Å². The number of unbranched alkanes of at least 4 members (excludes halogenated alkanes) is 1. The minimum atomic E-state index is -0.741. The van der Waals surface area contributed by atoms with E-state index in [1.165, 1.54) is 0 Å². The Kier molecular flexibility index (Phi) is 18.1. The highest BCUT2D eigenvalue weighted by atomic mass is 16.4. The molecule has 5 N–H and O–H groups in total. The van der Waals surface area contributed by atoms with Gasteiger partial charge in [-0.1, -0.05) is 41.5 Å². The van der Waals surface area contributed by atoms with Crippen molar-refractivity contribution >= 4 is 5.97 Å². The first kappa shape index (κ1) is 26.2. The average molecular weight is 324 g/mol. The summed E-state index contributed by atoms with van der Waals surface area (Å²) in [6, 6.07) is 0. The summed E-state index contributed by atoms with van der Waals surface area (Å²) >= 11 is 0. The van der Waals surface area contributed by atoms with E-state index >= 15 is 0 Å². The molecule has 0 rings (SSSR count). The lowest BCUT2D eigenvalue weighted by Gasteiger charge is -2.30. The molecule has 0 aromatic heterocycles. The van der Waals surface area contributed by atoms with Crippen molar-refractivity contribution < 1.29 is 30.3 Å². The molecule has 0 amide bonds. The second-order valence-corrected chi connectivity index (χ2v) is 6.48. The van der Waals surface area contributed by atoms with Gasteiger partial charge in [0, 0.05) is 18.6 Å². The second kappa shape index (κ2) is 15.2. The summed E-state index contributed by atoms with van der Waals surface area (Å²) in [5.74, 6) is -0.762. The Bertz CT molecular complexity index is 247. The molecular weight excluding hydrogens is 288 g/mol. The molecule has 0 spiro atoms. The molecule has 6 heteroatoms. The van der Waals surface area contributed by atoms with Gasteiger partial charge in [0.15, 0.2) is 0 Å². The molecule has 0 saturated carbocycles. The topological polar surface area (TPSA) is 118 Å². The third-order valence-corrected chi connectivity index (χ3v) is 2.90. The molecule has 0 radical (unpaired) electrons. The third kappa shape index (κ3) is 17.4. The van der Waals surface area contributed by atoms with Crippen LogP contribution in [0.1, 0.15) is 54.4 Å². The number of carboxylic acids is 1. The van der Waals surface area contributed by atoms with Gasteiger partial charge >= 0.3 is 5.97 Å². The van der Waals surface area contributed by atoms with Gasteiger partial charge in [0.25, 0.3) is 0 Å². The number of carbonyl (C=O) groups is 1. The lowest BCUT2D eigenvalue weighted by atomic mass is 9.82. The molecule has 6 nitrogen and oxygen atoms in total. The molecule has 0 aromatic rings. The highest BCUT2D eigenvalue weighted by Crippen LogP contribution is 2.24. The first-order valence-electron chi connectivity index (χ1n) is 7.71. The average Bonchev–Trinajstić information content (AvgIpc) is 2.45. The molecule has 0 saturated heterocycles. The molecule has 0 heterocycles. The Balaban J connectivity index is -0.000000261. The Morgan fingerprint density at radius 3 is 1.36 bits per heavy atom.